The zero-order chi connectivity index (χ0) is 15.2. The fourth-order valence-electron chi connectivity index (χ4n) is 2.29. The van der Waals surface area contributed by atoms with Crippen molar-refractivity contribution in [1.82, 2.24) is 15.1 Å². The molecule has 0 aliphatic carbocycles. The highest BCUT2D eigenvalue weighted by molar-refractivity contribution is 6.30. The van der Waals surface area contributed by atoms with Crippen molar-refractivity contribution in [2.24, 2.45) is 0 Å². The average Bonchev–Trinajstić information content (AvgIpc) is 2.92. The van der Waals surface area contributed by atoms with Gasteiger partial charge in [-0.2, -0.15) is 5.10 Å². The predicted molar refractivity (Wildman–Crippen MR) is 84.1 cm³/mol. The number of nitrogens with zero attached hydrogens (tertiary/aromatic N) is 2. The van der Waals surface area contributed by atoms with Gasteiger partial charge in [0.2, 0.25) is 0 Å². The minimum Gasteiger partial charge on any atom is -0.310 e. The lowest BCUT2D eigenvalue weighted by atomic mass is 10.1. The van der Waals surface area contributed by atoms with Crippen LogP contribution in [0.3, 0.4) is 0 Å². The molecular formula is C16H21ClFN3. The molecule has 2 aromatic rings. The van der Waals surface area contributed by atoms with Crippen LogP contribution in [0, 0.1) is 5.82 Å². The van der Waals surface area contributed by atoms with Crippen molar-refractivity contribution < 1.29 is 4.39 Å². The third-order valence-corrected chi connectivity index (χ3v) is 3.72. The van der Waals surface area contributed by atoms with Gasteiger partial charge in [-0.05, 0) is 37.1 Å². The molecule has 1 unspecified atom stereocenters. The van der Waals surface area contributed by atoms with Gasteiger partial charge in [-0.3, -0.25) is 4.68 Å². The second kappa shape index (κ2) is 7.57. The summed E-state index contributed by atoms with van der Waals surface area (Å²) in [5, 5.41) is 8.03. The van der Waals surface area contributed by atoms with Gasteiger partial charge in [-0.15, -0.1) is 0 Å². The number of halogens is 2. The maximum atomic E-state index is 13.1. The molecule has 0 aliphatic heterocycles. The number of rotatable bonds is 7. The van der Waals surface area contributed by atoms with Crippen LogP contribution < -0.4 is 5.32 Å². The maximum absolute atomic E-state index is 13.1. The Hall–Kier alpha value is -1.39. The number of hydrogen-bond acceptors (Lipinski definition) is 2. The molecule has 1 N–H and O–H groups in total. The highest BCUT2D eigenvalue weighted by atomic mass is 35.5. The molecule has 0 fully saturated rings. The fourth-order valence-corrected chi connectivity index (χ4v) is 2.49. The van der Waals surface area contributed by atoms with Crippen molar-refractivity contribution in [2.45, 2.75) is 39.3 Å². The van der Waals surface area contributed by atoms with Crippen LogP contribution in [0.15, 0.2) is 30.6 Å². The van der Waals surface area contributed by atoms with Crippen molar-refractivity contribution in [2.75, 3.05) is 6.54 Å². The minimum atomic E-state index is -0.392. The molecule has 1 atom stereocenters. The van der Waals surface area contributed by atoms with E-state index in [0.717, 1.165) is 24.9 Å². The van der Waals surface area contributed by atoms with E-state index in [2.05, 4.69) is 24.3 Å². The van der Waals surface area contributed by atoms with Crippen molar-refractivity contribution in [1.29, 1.82) is 0 Å². The maximum Gasteiger partial charge on any atom is 0.141 e. The van der Waals surface area contributed by atoms with E-state index >= 15 is 0 Å². The summed E-state index contributed by atoms with van der Waals surface area (Å²) in [6.07, 6.45) is 6.06. The molecule has 0 radical (unpaired) electrons. The van der Waals surface area contributed by atoms with Crippen LogP contribution in [0.2, 0.25) is 5.02 Å². The largest absolute Gasteiger partial charge is 0.310 e. The average molecular weight is 310 g/mol. The first-order chi connectivity index (χ1) is 10.1. The summed E-state index contributed by atoms with van der Waals surface area (Å²) in [5.74, 6) is -0.392. The summed E-state index contributed by atoms with van der Waals surface area (Å²) in [7, 11) is 0. The Bertz CT molecular complexity index is 583. The normalized spacial score (nSPS) is 12.6. The highest BCUT2D eigenvalue weighted by Crippen LogP contribution is 2.18. The van der Waals surface area contributed by atoms with E-state index in [1.165, 1.54) is 11.6 Å². The molecule has 2 rings (SSSR count). The number of nitrogens with one attached hydrogen (secondary N) is 1. The van der Waals surface area contributed by atoms with Gasteiger partial charge >= 0.3 is 0 Å². The van der Waals surface area contributed by atoms with E-state index in [9.17, 15) is 4.39 Å². The molecule has 0 amide bonds. The topological polar surface area (TPSA) is 29.9 Å². The smallest absolute Gasteiger partial charge is 0.141 e. The molecule has 1 heterocycles. The molecule has 3 nitrogen and oxygen atoms in total. The standard InChI is InChI=1S/C16H21ClFN3/c1-3-7-19-16(4-2)13-9-20-21(11-13)10-12-5-6-15(18)14(17)8-12/h5-6,8-9,11,16,19H,3-4,7,10H2,1-2H3. The predicted octanol–water partition coefficient (Wildman–Crippen LogP) is 4.17. The molecule has 0 bridgehead atoms. The quantitative estimate of drug-likeness (QED) is 0.831. The van der Waals surface area contributed by atoms with Gasteiger partial charge in [-0.25, -0.2) is 4.39 Å². The lowest BCUT2D eigenvalue weighted by molar-refractivity contribution is 0.517. The third-order valence-electron chi connectivity index (χ3n) is 3.43. The molecule has 0 aliphatic rings. The zero-order valence-corrected chi connectivity index (χ0v) is 13.2. The van der Waals surface area contributed by atoms with Gasteiger partial charge in [-0.1, -0.05) is 31.5 Å². The van der Waals surface area contributed by atoms with Crippen molar-refractivity contribution in [3.63, 3.8) is 0 Å². The van der Waals surface area contributed by atoms with Crippen LogP contribution >= 0.6 is 11.6 Å². The molecule has 0 saturated heterocycles. The Morgan fingerprint density at radius 3 is 2.86 bits per heavy atom. The molecule has 21 heavy (non-hydrogen) atoms. The fraction of sp³-hybridized carbons (Fsp3) is 0.438. The van der Waals surface area contributed by atoms with Gasteiger partial charge in [0, 0.05) is 17.8 Å². The van der Waals surface area contributed by atoms with Crippen molar-refractivity contribution in [3.8, 4) is 0 Å². The van der Waals surface area contributed by atoms with Gasteiger partial charge in [0.15, 0.2) is 0 Å². The van der Waals surface area contributed by atoms with Crippen LogP contribution in [0.1, 0.15) is 43.9 Å². The van der Waals surface area contributed by atoms with Crippen LogP contribution in [-0.4, -0.2) is 16.3 Å². The Balaban J connectivity index is 2.06. The van der Waals surface area contributed by atoms with Crippen LogP contribution in [-0.2, 0) is 6.54 Å². The second-order valence-corrected chi connectivity index (χ2v) is 5.54. The Kier molecular flexibility index (Phi) is 5.76. The Labute approximate surface area is 130 Å². The first-order valence-electron chi connectivity index (χ1n) is 7.33. The summed E-state index contributed by atoms with van der Waals surface area (Å²) < 4.78 is 15.0. The first-order valence-corrected chi connectivity index (χ1v) is 7.71. The van der Waals surface area contributed by atoms with E-state index in [0.29, 0.717) is 12.6 Å². The molecule has 0 spiro atoms. The lowest BCUT2D eigenvalue weighted by Gasteiger charge is -2.14. The number of benzene rings is 1. The third kappa shape index (κ3) is 4.29. The molecule has 1 aromatic heterocycles. The zero-order valence-electron chi connectivity index (χ0n) is 12.4. The summed E-state index contributed by atoms with van der Waals surface area (Å²) in [5.41, 5.74) is 2.12. The molecule has 1 aromatic carbocycles. The van der Waals surface area contributed by atoms with Gasteiger partial charge in [0.1, 0.15) is 5.82 Å². The second-order valence-electron chi connectivity index (χ2n) is 5.13. The van der Waals surface area contributed by atoms with Crippen LogP contribution in [0.5, 0.6) is 0 Å². The van der Waals surface area contributed by atoms with Gasteiger partial charge < -0.3 is 5.32 Å². The first kappa shape index (κ1) is 16.0. The van der Waals surface area contributed by atoms with Gasteiger partial charge in [0.25, 0.3) is 0 Å². The van der Waals surface area contributed by atoms with Crippen LogP contribution in [0.4, 0.5) is 4.39 Å². The summed E-state index contributed by atoms with van der Waals surface area (Å²) >= 11 is 5.80. The highest BCUT2D eigenvalue weighted by Gasteiger charge is 2.11. The molecule has 114 valence electrons. The Morgan fingerprint density at radius 1 is 1.38 bits per heavy atom. The Morgan fingerprint density at radius 2 is 2.19 bits per heavy atom. The van der Waals surface area contributed by atoms with Gasteiger partial charge in [0.05, 0.1) is 17.8 Å². The molecule has 0 saturated carbocycles. The van der Waals surface area contributed by atoms with Crippen LogP contribution in [0.25, 0.3) is 0 Å². The van der Waals surface area contributed by atoms with E-state index < -0.39 is 5.82 Å². The van der Waals surface area contributed by atoms with E-state index in [4.69, 9.17) is 11.6 Å². The summed E-state index contributed by atoms with van der Waals surface area (Å²) in [6.45, 7) is 5.90. The monoisotopic (exact) mass is 309 g/mol. The molecular weight excluding hydrogens is 289 g/mol. The van der Waals surface area contributed by atoms with Crippen molar-refractivity contribution >= 4 is 11.6 Å². The molecule has 5 heteroatoms. The van der Waals surface area contributed by atoms with Crippen molar-refractivity contribution in [3.05, 3.63) is 52.6 Å². The SMILES string of the molecule is CCCNC(CC)c1cnn(Cc2ccc(F)c(Cl)c2)c1. The number of aromatic nitrogens is 2. The summed E-state index contributed by atoms with van der Waals surface area (Å²) in [4.78, 5) is 0. The minimum absolute atomic E-state index is 0.149. The number of hydrogen-bond donors (Lipinski definition) is 1. The van der Waals surface area contributed by atoms with E-state index in [1.807, 2.05) is 17.1 Å². The van der Waals surface area contributed by atoms with E-state index in [1.54, 1.807) is 12.1 Å². The summed E-state index contributed by atoms with van der Waals surface area (Å²) in [6, 6.07) is 5.09. The van der Waals surface area contributed by atoms with E-state index in [-0.39, 0.29) is 5.02 Å². The lowest BCUT2D eigenvalue weighted by Crippen LogP contribution is -2.21.